The predicted molar refractivity (Wildman–Crippen MR) is 70.8 cm³/mol. The van der Waals surface area contributed by atoms with E-state index in [4.69, 9.17) is 5.73 Å². The Labute approximate surface area is 109 Å². The SMILES string of the molecule is CC(NC(=O)C1CCCCCC1N)C(=O)N(C)C. The van der Waals surface area contributed by atoms with Gasteiger partial charge in [0.2, 0.25) is 11.8 Å². The Balaban J connectivity index is 2.55. The summed E-state index contributed by atoms with van der Waals surface area (Å²) in [6.45, 7) is 1.71. The van der Waals surface area contributed by atoms with E-state index in [9.17, 15) is 9.59 Å². The number of hydrogen-bond acceptors (Lipinski definition) is 3. The third-order valence-corrected chi connectivity index (χ3v) is 3.58. The van der Waals surface area contributed by atoms with Gasteiger partial charge in [0.05, 0.1) is 5.92 Å². The Bertz CT molecular complexity index is 305. The van der Waals surface area contributed by atoms with Gasteiger partial charge in [0.25, 0.3) is 0 Å². The van der Waals surface area contributed by atoms with Crippen molar-refractivity contribution in [3.63, 3.8) is 0 Å². The van der Waals surface area contributed by atoms with E-state index in [0.717, 1.165) is 32.1 Å². The highest BCUT2D eigenvalue weighted by molar-refractivity contribution is 5.88. The molecule has 0 aromatic carbocycles. The van der Waals surface area contributed by atoms with Crippen molar-refractivity contribution in [2.75, 3.05) is 14.1 Å². The summed E-state index contributed by atoms with van der Waals surface area (Å²) in [6, 6.07) is -0.558. The topological polar surface area (TPSA) is 75.4 Å². The monoisotopic (exact) mass is 255 g/mol. The molecule has 1 fully saturated rings. The Morgan fingerprint density at radius 2 is 1.83 bits per heavy atom. The van der Waals surface area contributed by atoms with Crippen LogP contribution in [0.25, 0.3) is 0 Å². The van der Waals surface area contributed by atoms with Gasteiger partial charge in [-0.15, -0.1) is 0 Å². The Kier molecular flexibility index (Phi) is 5.59. The van der Waals surface area contributed by atoms with Gasteiger partial charge in [0.1, 0.15) is 6.04 Å². The first-order chi connectivity index (χ1) is 8.43. The number of rotatable bonds is 3. The van der Waals surface area contributed by atoms with Gasteiger partial charge in [-0.2, -0.15) is 0 Å². The van der Waals surface area contributed by atoms with Crippen LogP contribution in [-0.2, 0) is 9.59 Å². The van der Waals surface area contributed by atoms with Crippen LogP contribution < -0.4 is 11.1 Å². The molecule has 18 heavy (non-hydrogen) atoms. The normalized spacial score (nSPS) is 26.0. The molecule has 1 rings (SSSR count). The van der Waals surface area contributed by atoms with Crippen molar-refractivity contribution in [2.45, 2.75) is 51.1 Å². The summed E-state index contributed by atoms with van der Waals surface area (Å²) in [6.07, 6.45) is 5.01. The molecule has 0 aliphatic heterocycles. The van der Waals surface area contributed by atoms with Crippen LogP contribution in [-0.4, -0.2) is 42.9 Å². The van der Waals surface area contributed by atoms with Gasteiger partial charge in [0, 0.05) is 20.1 Å². The van der Waals surface area contributed by atoms with Crippen molar-refractivity contribution >= 4 is 11.8 Å². The molecule has 0 spiro atoms. The highest BCUT2D eigenvalue weighted by atomic mass is 16.2. The summed E-state index contributed by atoms with van der Waals surface area (Å²) in [7, 11) is 3.37. The Morgan fingerprint density at radius 1 is 1.22 bits per heavy atom. The van der Waals surface area contributed by atoms with Gasteiger partial charge in [0.15, 0.2) is 0 Å². The average molecular weight is 255 g/mol. The highest BCUT2D eigenvalue weighted by Crippen LogP contribution is 2.22. The second kappa shape index (κ2) is 6.73. The van der Waals surface area contributed by atoms with Crippen LogP contribution in [0.5, 0.6) is 0 Å². The molecule has 1 aliphatic carbocycles. The van der Waals surface area contributed by atoms with E-state index in [1.54, 1.807) is 21.0 Å². The lowest BCUT2D eigenvalue weighted by molar-refractivity contribution is -0.135. The predicted octanol–water partition coefficient (Wildman–Crippen LogP) is 0.487. The fourth-order valence-corrected chi connectivity index (χ4v) is 2.43. The number of nitrogens with two attached hydrogens (primary N) is 1. The van der Waals surface area contributed by atoms with Crippen LogP contribution in [0, 0.1) is 5.92 Å². The van der Waals surface area contributed by atoms with Crippen LogP contribution in [0.15, 0.2) is 0 Å². The van der Waals surface area contributed by atoms with Gasteiger partial charge < -0.3 is 16.0 Å². The van der Waals surface area contributed by atoms with Gasteiger partial charge >= 0.3 is 0 Å². The van der Waals surface area contributed by atoms with E-state index in [1.807, 2.05) is 0 Å². The van der Waals surface area contributed by atoms with E-state index in [0.29, 0.717) is 0 Å². The molecular formula is C13H25N3O2. The largest absolute Gasteiger partial charge is 0.347 e. The standard InChI is InChI=1S/C13H25N3O2/c1-9(13(18)16(2)3)15-12(17)10-7-5-4-6-8-11(10)14/h9-11H,4-8,14H2,1-3H3,(H,15,17). The van der Waals surface area contributed by atoms with E-state index in [2.05, 4.69) is 5.32 Å². The second-order valence-corrected chi connectivity index (χ2v) is 5.37. The highest BCUT2D eigenvalue weighted by Gasteiger charge is 2.29. The summed E-state index contributed by atoms with van der Waals surface area (Å²) in [4.78, 5) is 25.3. The first-order valence-electron chi connectivity index (χ1n) is 6.70. The maximum atomic E-state index is 12.1. The molecule has 5 heteroatoms. The molecule has 0 saturated heterocycles. The van der Waals surface area contributed by atoms with Crippen LogP contribution >= 0.6 is 0 Å². The first kappa shape index (κ1) is 15.0. The minimum absolute atomic E-state index is 0.0749. The summed E-state index contributed by atoms with van der Waals surface area (Å²) >= 11 is 0. The number of likely N-dealkylation sites (N-methyl/N-ethyl adjacent to an activating group) is 1. The van der Waals surface area contributed by atoms with Crippen LogP contribution in [0.2, 0.25) is 0 Å². The fourth-order valence-electron chi connectivity index (χ4n) is 2.43. The van der Waals surface area contributed by atoms with Gasteiger partial charge in [-0.3, -0.25) is 9.59 Å². The van der Waals surface area contributed by atoms with Gasteiger partial charge in [-0.25, -0.2) is 0 Å². The number of carbonyl (C=O) groups is 2. The third kappa shape index (κ3) is 3.98. The molecule has 2 amide bonds. The average Bonchev–Trinajstić information content (AvgIpc) is 2.52. The number of carbonyl (C=O) groups excluding carboxylic acids is 2. The van der Waals surface area contributed by atoms with E-state index in [-0.39, 0.29) is 23.8 Å². The number of nitrogens with one attached hydrogen (secondary N) is 1. The smallest absolute Gasteiger partial charge is 0.244 e. The third-order valence-electron chi connectivity index (χ3n) is 3.58. The molecule has 0 heterocycles. The molecular weight excluding hydrogens is 230 g/mol. The maximum absolute atomic E-state index is 12.1. The molecule has 3 atom stereocenters. The second-order valence-electron chi connectivity index (χ2n) is 5.37. The van der Waals surface area contributed by atoms with Crippen LogP contribution in [0.1, 0.15) is 39.0 Å². The molecule has 104 valence electrons. The van der Waals surface area contributed by atoms with E-state index in [1.165, 1.54) is 4.90 Å². The quantitative estimate of drug-likeness (QED) is 0.721. The molecule has 0 bridgehead atoms. The first-order valence-corrected chi connectivity index (χ1v) is 6.70. The lowest BCUT2D eigenvalue weighted by Gasteiger charge is -2.24. The summed E-state index contributed by atoms with van der Waals surface area (Å²) in [5.41, 5.74) is 6.04. The number of amides is 2. The molecule has 0 aromatic rings. The summed E-state index contributed by atoms with van der Waals surface area (Å²) in [5, 5.41) is 2.78. The van der Waals surface area contributed by atoms with Crippen molar-refractivity contribution in [1.29, 1.82) is 0 Å². The molecule has 5 nitrogen and oxygen atoms in total. The molecule has 3 unspecified atom stereocenters. The minimum Gasteiger partial charge on any atom is -0.347 e. The molecule has 3 N–H and O–H groups in total. The Morgan fingerprint density at radius 3 is 2.44 bits per heavy atom. The zero-order valence-electron chi connectivity index (χ0n) is 11.6. The lowest BCUT2D eigenvalue weighted by atomic mass is 9.94. The van der Waals surface area contributed by atoms with Crippen molar-refractivity contribution in [1.82, 2.24) is 10.2 Å². The molecule has 1 saturated carbocycles. The molecule has 0 aromatic heterocycles. The fraction of sp³-hybridized carbons (Fsp3) is 0.846. The van der Waals surface area contributed by atoms with Crippen LogP contribution in [0.3, 0.4) is 0 Å². The Hall–Kier alpha value is -1.10. The van der Waals surface area contributed by atoms with Gasteiger partial charge in [-0.05, 0) is 19.8 Å². The number of nitrogens with zero attached hydrogens (tertiary/aromatic N) is 1. The van der Waals surface area contributed by atoms with Gasteiger partial charge in [-0.1, -0.05) is 19.3 Å². The summed E-state index contributed by atoms with van der Waals surface area (Å²) < 4.78 is 0. The molecule has 1 aliphatic rings. The maximum Gasteiger partial charge on any atom is 0.244 e. The zero-order valence-corrected chi connectivity index (χ0v) is 11.6. The minimum atomic E-state index is -0.483. The lowest BCUT2D eigenvalue weighted by Crippen LogP contribution is -2.49. The zero-order chi connectivity index (χ0) is 13.7. The molecule has 0 radical (unpaired) electrons. The van der Waals surface area contributed by atoms with Crippen molar-refractivity contribution in [2.24, 2.45) is 11.7 Å². The van der Waals surface area contributed by atoms with Crippen molar-refractivity contribution < 1.29 is 9.59 Å². The van der Waals surface area contributed by atoms with Crippen LogP contribution in [0.4, 0.5) is 0 Å². The van der Waals surface area contributed by atoms with Crippen molar-refractivity contribution in [3.8, 4) is 0 Å². The van der Waals surface area contributed by atoms with E-state index >= 15 is 0 Å². The summed E-state index contributed by atoms with van der Waals surface area (Å²) in [5.74, 6) is -0.317. The number of hydrogen-bond donors (Lipinski definition) is 2. The van der Waals surface area contributed by atoms with Crippen molar-refractivity contribution in [3.05, 3.63) is 0 Å². The van der Waals surface area contributed by atoms with E-state index < -0.39 is 6.04 Å².